The van der Waals surface area contributed by atoms with Gasteiger partial charge in [0.15, 0.2) is 6.29 Å². The first kappa shape index (κ1) is 12.3. The molecule has 100 valence electrons. The molecule has 1 amide bonds. The number of aryl methyl sites for hydroxylation is 1. The molecule has 0 saturated heterocycles. The Morgan fingerprint density at radius 3 is 2.90 bits per heavy atom. The molecule has 2 heterocycles. The van der Waals surface area contributed by atoms with Crippen LogP contribution in [-0.4, -0.2) is 17.2 Å². The summed E-state index contributed by atoms with van der Waals surface area (Å²) in [4.78, 5) is 26.4. The Morgan fingerprint density at radius 1 is 1.30 bits per heavy atom. The van der Waals surface area contributed by atoms with Crippen LogP contribution in [0.5, 0.6) is 11.6 Å². The van der Waals surface area contributed by atoms with Crippen LogP contribution in [0.15, 0.2) is 30.3 Å². The molecule has 2 aromatic rings. The quantitative estimate of drug-likeness (QED) is 0.867. The Kier molecular flexibility index (Phi) is 2.95. The zero-order valence-electron chi connectivity index (χ0n) is 10.8. The number of aromatic nitrogens is 1. The van der Waals surface area contributed by atoms with Crippen LogP contribution in [-0.2, 0) is 6.54 Å². The van der Waals surface area contributed by atoms with Gasteiger partial charge in [0, 0.05) is 23.7 Å². The highest BCUT2D eigenvalue weighted by molar-refractivity contribution is 5.98. The largest absolute Gasteiger partial charge is 0.439 e. The van der Waals surface area contributed by atoms with Crippen molar-refractivity contribution >= 4 is 12.2 Å². The number of carbonyl (C=O) groups is 2. The predicted molar refractivity (Wildman–Crippen MR) is 72.0 cm³/mol. The van der Waals surface area contributed by atoms with Crippen molar-refractivity contribution in [2.45, 2.75) is 13.5 Å². The average Bonchev–Trinajstić information content (AvgIpc) is 2.80. The molecule has 0 saturated carbocycles. The van der Waals surface area contributed by atoms with Gasteiger partial charge in [-0.1, -0.05) is 0 Å². The first-order valence-electron chi connectivity index (χ1n) is 6.19. The highest BCUT2D eigenvalue weighted by Gasteiger charge is 2.19. The summed E-state index contributed by atoms with van der Waals surface area (Å²) in [5.41, 5.74) is 2.75. The summed E-state index contributed by atoms with van der Waals surface area (Å²) in [5, 5.41) is 2.75. The Labute approximate surface area is 115 Å². The van der Waals surface area contributed by atoms with Gasteiger partial charge in [-0.05, 0) is 36.8 Å². The lowest BCUT2D eigenvalue weighted by atomic mass is 10.1. The van der Waals surface area contributed by atoms with Crippen molar-refractivity contribution in [3.05, 3.63) is 52.7 Å². The van der Waals surface area contributed by atoms with Gasteiger partial charge in [-0.3, -0.25) is 9.59 Å². The van der Waals surface area contributed by atoms with Gasteiger partial charge in [-0.2, -0.15) is 0 Å². The minimum Gasteiger partial charge on any atom is -0.439 e. The summed E-state index contributed by atoms with van der Waals surface area (Å²) >= 11 is 0. The maximum Gasteiger partial charge on any atom is 0.251 e. The number of nitrogens with one attached hydrogen (secondary N) is 1. The van der Waals surface area contributed by atoms with Crippen molar-refractivity contribution in [2.75, 3.05) is 0 Å². The lowest BCUT2D eigenvalue weighted by molar-refractivity contribution is 0.0965. The normalized spacial score (nSPS) is 12.8. The molecular weight excluding hydrogens is 256 g/mol. The Morgan fingerprint density at radius 2 is 2.15 bits per heavy atom. The molecule has 5 nitrogen and oxygen atoms in total. The fourth-order valence-electron chi connectivity index (χ4n) is 2.12. The lowest BCUT2D eigenvalue weighted by Crippen LogP contribution is -2.12. The first-order chi connectivity index (χ1) is 9.67. The van der Waals surface area contributed by atoms with Gasteiger partial charge < -0.3 is 10.1 Å². The van der Waals surface area contributed by atoms with Gasteiger partial charge in [-0.25, -0.2) is 4.98 Å². The zero-order chi connectivity index (χ0) is 14.1. The third-order valence-electron chi connectivity index (χ3n) is 3.21. The van der Waals surface area contributed by atoms with Crippen molar-refractivity contribution < 1.29 is 14.3 Å². The number of pyridine rings is 1. The summed E-state index contributed by atoms with van der Waals surface area (Å²) < 4.78 is 5.65. The molecule has 0 unspecified atom stereocenters. The SMILES string of the molecule is Cc1nc(Oc2ccc3c(c2)CNC3=O)ccc1C=O. The van der Waals surface area contributed by atoms with Gasteiger partial charge in [0.25, 0.3) is 5.91 Å². The van der Waals surface area contributed by atoms with Crippen molar-refractivity contribution in [3.63, 3.8) is 0 Å². The Balaban J connectivity index is 1.87. The van der Waals surface area contributed by atoms with Crippen LogP contribution < -0.4 is 10.1 Å². The number of rotatable bonds is 3. The monoisotopic (exact) mass is 268 g/mol. The maximum absolute atomic E-state index is 11.5. The van der Waals surface area contributed by atoms with E-state index in [-0.39, 0.29) is 5.91 Å². The van der Waals surface area contributed by atoms with E-state index in [0.29, 0.717) is 35.0 Å². The fraction of sp³-hybridized carbons (Fsp3) is 0.133. The number of amides is 1. The number of fused-ring (bicyclic) bond motifs is 1. The van der Waals surface area contributed by atoms with E-state index in [1.807, 2.05) is 6.07 Å². The molecule has 1 aromatic carbocycles. The molecule has 0 aliphatic carbocycles. The topological polar surface area (TPSA) is 68.3 Å². The van der Waals surface area contributed by atoms with Gasteiger partial charge in [0.1, 0.15) is 5.75 Å². The third kappa shape index (κ3) is 2.14. The second-order valence-electron chi connectivity index (χ2n) is 4.55. The summed E-state index contributed by atoms with van der Waals surface area (Å²) in [6.07, 6.45) is 0.763. The van der Waals surface area contributed by atoms with E-state index in [2.05, 4.69) is 10.3 Å². The van der Waals surface area contributed by atoms with Crippen LogP contribution in [0, 0.1) is 6.92 Å². The van der Waals surface area contributed by atoms with Crippen molar-refractivity contribution in [1.82, 2.24) is 10.3 Å². The van der Waals surface area contributed by atoms with Crippen LogP contribution in [0.1, 0.15) is 32.0 Å². The second kappa shape index (κ2) is 4.77. The van der Waals surface area contributed by atoms with E-state index < -0.39 is 0 Å². The van der Waals surface area contributed by atoms with Gasteiger partial charge in [0.05, 0.1) is 5.69 Å². The van der Waals surface area contributed by atoms with Gasteiger partial charge in [0.2, 0.25) is 5.88 Å². The van der Waals surface area contributed by atoms with Crippen molar-refractivity contribution in [3.8, 4) is 11.6 Å². The molecule has 0 spiro atoms. The Bertz CT molecular complexity index is 710. The number of carbonyl (C=O) groups excluding carboxylic acids is 2. The summed E-state index contributed by atoms with van der Waals surface area (Å²) in [6, 6.07) is 8.60. The first-order valence-corrected chi connectivity index (χ1v) is 6.19. The molecule has 0 fully saturated rings. The number of aldehydes is 1. The number of nitrogens with zero attached hydrogens (tertiary/aromatic N) is 1. The Hall–Kier alpha value is -2.69. The molecule has 0 radical (unpaired) electrons. The minimum absolute atomic E-state index is 0.0594. The summed E-state index contributed by atoms with van der Waals surface area (Å²) in [6.45, 7) is 2.27. The molecule has 3 rings (SSSR count). The molecular formula is C15H12N2O3. The van der Waals surface area contributed by atoms with E-state index in [1.54, 1.807) is 31.2 Å². The molecule has 1 aliphatic rings. The number of benzene rings is 1. The number of hydrogen-bond acceptors (Lipinski definition) is 4. The molecule has 20 heavy (non-hydrogen) atoms. The van der Waals surface area contributed by atoms with Crippen LogP contribution in [0.4, 0.5) is 0 Å². The molecule has 1 N–H and O–H groups in total. The van der Waals surface area contributed by atoms with Crippen molar-refractivity contribution in [2.24, 2.45) is 0 Å². The fourth-order valence-corrected chi connectivity index (χ4v) is 2.12. The van der Waals surface area contributed by atoms with Crippen molar-refractivity contribution in [1.29, 1.82) is 0 Å². The molecule has 1 aliphatic heterocycles. The van der Waals surface area contributed by atoms with Crippen LogP contribution >= 0.6 is 0 Å². The van der Waals surface area contributed by atoms with Gasteiger partial charge >= 0.3 is 0 Å². The van der Waals surface area contributed by atoms with E-state index >= 15 is 0 Å². The van der Waals surface area contributed by atoms with Gasteiger partial charge in [-0.15, -0.1) is 0 Å². The van der Waals surface area contributed by atoms with Crippen LogP contribution in [0.2, 0.25) is 0 Å². The van der Waals surface area contributed by atoms with E-state index in [9.17, 15) is 9.59 Å². The zero-order valence-corrected chi connectivity index (χ0v) is 10.8. The minimum atomic E-state index is -0.0594. The third-order valence-corrected chi connectivity index (χ3v) is 3.21. The van der Waals surface area contributed by atoms with E-state index in [1.165, 1.54) is 0 Å². The summed E-state index contributed by atoms with van der Waals surface area (Å²) in [5.74, 6) is 0.979. The number of hydrogen-bond donors (Lipinski definition) is 1. The maximum atomic E-state index is 11.5. The predicted octanol–water partition coefficient (Wildman–Crippen LogP) is 2.24. The van der Waals surface area contributed by atoms with E-state index in [4.69, 9.17) is 4.74 Å². The highest BCUT2D eigenvalue weighted by Crippen LogP contribution is 2.25. The van der Waals surface area contributed by atoms with E-state index in [0.717, 1.165) is 11.8 Å². The average molecular weight is 268 g/mol. The smallest absolute Gasteiger partial charge is 0.251 e. The molecule has 5 heteroatoms. The summed E-state index contributed by atoms with van der Waals surface area (Å²) in [7, 11) is 0. The van der Waals surface area contributed by atoms with Crippen LogP contribution in [0.25, 0.3) is 0 Å². The molecule has 0 bridgehead atoms. The number of ether oxygens (including phenoxy) is 1. The lowest BCUT2D eigenvalue weighted by Gasteiger charge is -2.07. The van der Waals surface area contributed by atoms with Crippen LogP contribution in [0.3, 0.4) is 0 Å². The molecule has 0 atom stereocenters. The standard InChI is InChI=1S/C15H12N2O3/c1-9-10(8-18)2-5-14(17-9)20-12-3-4-13-11(6-12)7-16-15(13)19/h2-6,8H,7H2,1H3,(H,16,19). The highest BCUT2D eigenvalue weighted by atomic mass is 16.5. The second-order valence-corrected chi connectivity index (χ2v) is 4.55. The molecule has 1 aromatic heterocycles.